The summed E-state index contributed by atoms with van der Waals surface area (Å²) in [4.78, 5) is 4.50. The molecule has 92 valence electrons. The number of nitrogens with zero attached hydrogens (tertiary/aromatic N) is 1. The zero-order valence-corrected chi connectivity index (χ0v) is 11.3. The van der Waals surface area contributed by atoms with E-state index < -0.39 is 0 Å². The molecule has 3 nitrogen and oxygen atoms in total. The van der Waals surface area contributed by atoms with Crippen molar-refractivity contribution in [2.24, 2.45) is 0 Å². The molecule has 0 aliphatic heterocycles. The lowest BCUT2D eigenvalue weighted by atomic mass is 10.1. The molecule has 0 aliphatic carbocycles. The van der Waals surface area contributed by atoms with Crippen LogP contribution in [-0.4, -0.2) is 31.3 Å². The zero-order valence-electron chi connectivity index (χ0n) is 10.5. The molecule has 1 rings (SSSR count). The SMILES string of the molecule is CCCNC(CCOC)Cc1csc(C)n1. The fourth-order valence-corrected chi connectivity index (χ4v) is 2.26. The number of methoxy groups -OCH3 is 1. The molecule has 0 fully saturated rings. The topological polar surface area (TPSA) is 34.1 Å². The Labute approximate surface area is 102 Å². The first-order valence-electron chi connectivity index (χ1n) is 5.89. The van der Waals surface area contributed by atoms with Gasteiger partial charge >= 0.3 is 0 Å². The lowest BCUT2D eigenvalue weighted by molar-refractivity contribution is 0.182. The molecule has 1 heterocycles. The van der Waals surface area contributed by atoms with Crippen molar-refractivity contribution in [3.05, 3.63) is 16.1 Å². The van der Waals surface area contributed by atoms with Gasteiger partial charge in [0.2, 0.25) is 0 Å². The lowest BCUT2D eigenvalue weighted by Gasteiger charge is -2.16. The Balaban J connectivity index is 2.41. The Bertz CT molecular complexity index is 280. The molecule has 0 amide bonds. The molecule has 0 aromatic carbocycles. The normalized spacial score (nSPS) is 12.9. The molecular formula is C12H22N2OS. The van der Waals surface area contributed by atoms with E-state index in [0.29, 0.717) is 6.04 Å². The van der Waals surface area contributed by atoms with Gasteiger partial charge in [0, 0.05) is 31.6 Å². The summed E-state index contributed by atoms with van der Waals surface area (Å²) < 4.78 is 5.14. The highest BCUT2D eigenvalue weighted by Gasteiger charge is 2.10. The van der Waals surface area contributed by atoms with Crippen molar-refractivity contribution in [2.45, 2.75) is 39.2 Å². The van der Waals surface area contributed by atoms with E-state index in [1.807, 2.05) is 0 Å². The monoisotopic (exact) mass is 242 g/mol. The van der Waals surface area contributed by atoms with Gasteiger partial charge in [-0.05, 0) is 26.3 Å². The maximum Gasteiger partial charge on any atom is 0.0897 e. The molecule has 4 heteroatoms. The minimum atomic E-state index is 0.487. The molecule has 0 radical (unpaired) electrons. The number of aryl methyl sites for hydroxylation is 1. The van der Waals surface area contributed by atoms with E-state index in [2.05, 4.69) is 29.5 Å². The van der Waals surface area contributed by atoms with Gasteiger partial charge in [0.1, 0.15) is 0 Å². The molecule has 0 saturated carbocycles. The smallest absolute Gasteiger partial charge is 0.0897 e. The van der Waals surface area contributed by atoms with Gasteiger partial charge in [0.25, 0.3) is 0 Å². The van der Waals surface area contributed by atoms with Crippen LogP contribution in [0.15, 0.2) is 5.38 Å². The summed E-state index contributed by atoms with van der Waals surface area (Å²) in [6.07, 6.45) is 3.22. The van der Waals surface area contributed by atoms with Crippen molar-refractivity contribution < 1.29 is 4.74 Å². The molecule has 0 aliphatic rings. The summed E-state index contributed by atoms with van der Waals surface area (Å²) in [6.45, 7) is 6.12. The minimum absolute atomic E-state index is 0.487. The Hall–Kier alpha value is -0.450. The largest absolute Gasteiger partial charge is 0.385 e. The van der Waals surface area contributed by atoms with Gasteiger partial charge in [-0.1, -0.05) is 6.92 Å². The predicted molar refractivity (Wildman–Crippen MR) is 69.1 cm³/mol. The number of rotatable bonds is 8. The van der Waals surface area contributed by atoms with Crippen molar-refractivity contribution in [3.63, 3.8) is 0 Å². The van der Waals surface area contributed by atoms with Gasteiger partial charge in [-0.25, -0.2) is 4.98 Å². The number of ether oxygens (including phenoxy) is 1. The average Bonchev–Trinajstić information content (AvgIpc) is 2.68. The summed E-state index contributed by atoms with van der Waals surface area (Å²) in [5.41, 5.74) is 1.20. The van der Waals surface area contributed by atoms with Crippen LogP contribution >= 0.6 is 11.3 Å². The van der Waals surface area contributed by atoms with Crippen LogP contribution in [0.25, 0.3) is 0 Å². The van der Waals surface area contributed by atoms with Crippen LogP contribution in [0.1, 0.15) is 30.5 Å². The maximum absolute atomic E-state index is 5.14. The number of hydrogen-bond donors (Lipinski definition) is 1. The highest BCUT2D eigenvalue weighted by molar-refractivity contribution is 7.09. The van der Waals surface area contributed by atoms with Crippen LogP contribution in [0.3, 0.4) is 0 Å². The van der Waals surface area contributed by atoms with Crippen molar-refractivity contribution in [1.82, 2.24) is 10.3 Å². The fourth-order valence-electron chi connectivity index (χ4n) is 1.64. The molecule has 0 spiro atoms. The third kappa shape index (κ3) is 5.05. The van der Waals surface area contributed by atoms with Gasteiger partial charge in [0.15, 0.2) is 0 Å². The summed E-state index contributed by atoms with van der Waals surface area (Å²) in [7, 11) is 1.75. The van der Waals surface area contributed by atoms with E-state index in [1.165, 1.54) is 12.1 Å². The Kier molecular flexibility index (Phi) is 6.61. The first-order chi connectivity index (χ1) is 7.76. The molecule has 1 N–H and O–H groups in total. The third-order valence-corrected chi connectivity index (χ3v) is 3.30. The standard InChI is InChI=1S/C12H22N2OS/c1-4-6-13-11(5-7-15-3)8-12-9-16-10(2)14-12/h9,11,13H,4-8H2,1-3H3. The Morgan fingerprint density at radius 2 is 2.38 bits per heavy atom. The highest BCUT2D eigenvalue weighted by Crippen LogP contribution is 2.11. The quantitative estimate of drug-likeness (QED) is 0.760. The van der Waals surface area contributed by atoms with Crippen LogP contribution in [0.4, 0.5) is 0 Å². The summed E-state index contributed by atoms with van der Waals surface area (Å²) in [6, 6.07) is 0.487. The van der Waals surface area contributed by atoms with Crippen molar-refractivity contribution in [3.8, 4) is 0 Å². The number of aromatic nitrogens is 1. The van der Waals surface area contributed by atoms with E-state index in [9.17, 15) is 0 Å². The number of hydrogen-bond acceptors (Lipinski definition) is 4. The first kappa shape index (κ1) is 13.6. The zero-order chi connectivity index (χ0) is 11.8. The van der Waals surface area contributed by atoms with Crippen molar-refractivity contribution >= 4 is 11.3 Å². The van der Waals surface area contributed by atoms with Crippen LogP contribution in [-0.2, 0) is 11.2 Å². The Morgan fingerprint density at radius 3 is 2.94 bits per heavy atom. The second kappa shape index (κ2) is 7.76. The van der Waals surface area contributed by atoms with Crippen LogP contribution < -0.4 is 5.32 Å². The molecule has 1 aromatic rings. The molecule has 16 heavy (non-hydrogen) atoms. The molecule has 0 saturated heterocycles. The van der Waals surface area contributed by atoms with Gasteiger partial charge in [0.05, 0.1) is 10.7 Å². The fraction of sp³-hybridized carbons (Fsp3) is 0.750. The number of nitrogens with one attached hydrogen (secondary N) is 1. The van der Waals surface area contributed by atoms with E-state index >= 15 is 0 Å². The Morgan fingerprint density at radius 1 is 1.56 bits per heavy atom. The van der Waals surface area contributed by atoms with E-state index in [-0.39, 0.29) is 0 Å². The highest BCUT2D eigenvalue weighted by atomic mass is 32.1. The molecule has 1 unspecified atom stereocenters. The molecule has 1 atom stereocenters. The average molecular weight is 242 g/mol. The predicted octanol–water partition coefficient (Wildman–Crippen LogP) is 2.40. The summed E-state index contributed by atoms with van der Waals surface area (Å²) >= 11 is 1.72. The molecule has 0 bridgehead atoms. The lowest BCUT2D eigenvalue weighted by Crippen LogP contribution is -2.33. The van der Waals surface area contributed by atoms with Crippen LogP contribution in [0, 0.1) is 6.92 Å². The summed E-state index contributed by atoms with van der Waals surface area (Å²) in [5, 5.41) is 6.85. The minimum Gasteiger partial charge on any atom is -0.385 e. The van der Waals surface area contributed by atoms with Crippen LogP contribution in [0.2, 0.25) is 0 Å². The molecule has 1 aromatic heterocycles. The van der Waals surface area contributed by atoms with Gasteiger partial charge in [-0.3, -0.25) is 0 Å². The van der Waals surface area contributed by atoms with Gasteiger partial charge < -0.3 is 10.1 Å². The van der Waals surface area contributed by atoms with Gasteiger partial charge in [-0.2, -0.15) is 0 Å². The summed E-state index contributed by atoms with van der Waals surface area (Å²) in [5.74, 6) is 0. The number of thiazole rings is 1. The van der Waals surface area contributed by atoms with E-state index in [4.69, 9.17) is 4.74 Å². The van der Waals surface area contributed by atoms with Crippen LogP contribution in [0.5, 0.6) is 0 Å². The maximum atomic E-state index is 5.14. The third-order valence-electron chi connectivity index (χ3n) is 2.48. The first-order valence-corrected chi connectivity index (χ1v) is 6.77. The molecular weight excluding hydrogens is 220 g/mol. The van der Waals surface area contributed by atoms with E-state index in [1.54, 1.807) is 18.4 Å². The van der Waals surface area contributed by atoms with Crippen molar-refractivity contribution in [2.75, 3.05) is 20.3 Å². The van der Waals surface area contributed by atoms with Crippen molar-refractivity contribution in [1.29, 1.82) is 0 Å². The second-order valence-corrected chi connectivity index (χ2v) is 5.06. The van der Waals surface area contributed by atoms with Gasteiger partial charge in [-0.15, -0.1) is 11.3 Å². The van der Waals surface area contributed by atoms with E-state index in [0.717, 1.165) is 31.0 Å². The second-order valence-electron chi connectivity index (χ2n) is 3.99.